The van der Waals surface area contributed by atoms with E-state index in [-0.39, 0.29) is 22.3 Å². The highest BCUT2D eigenvalue weighted by atomic mass is 35.5. The number of benzene rings is 3. The second-order valence-electron chi connectivity index (χ2n) is 7.56. The number of carbonyl (C=O) groups is 3. The molecule has 0 fully saturated rings. The molecular weight excluding hydrogens is 486 g/mol. The van der Waals surface area contributed by atoms with Crippen LogP contribution in [-0.4, -0.2) is 39.1 Å². The smallest absolute Gasteiger partial charge is 0.283 e. The van der Waals surface area contributed by atoms with E-state index >= 15 is 0 Å². The second kappa shape index (κ2) is 10.4. The van der Waals surface area contributed by atoms with Crippen molar-refractivity contribution in [1.82, 2.24) is 0 Å². The molecule has 0 spiro atoms. The van der Waals surface area contributed by atoms with Gasteiger partial charge in [0.05, 0.1) is 27.0 Å². The van der Waals surface area contributed by atoms with Crippen molar-refractivity contribution in [3.63, 3.8) is 0 Å². The molecule has 1 aliphatic rings. The summed E-state index contributed by atoms with van der Waals surface area (Å²) in [6, 6.07) is 18.1. The molecule has 0 aliphatic carbocycles. The van der Waals surface area contributed by atoms with E-state index in [1.165, 1.54) is 20.3 Å². The van der Waals surface area contributed by atoms with Gasteiger partial charge in [-0.05, 0) is 60.7 Å². The molecule has 3 amide bonds. The Labute approximate surface area is 212 Å². The lowest BCUT2D eigenvalue weighted by Gasteiger charge is -2.19. The van der Waals surface area contributed by atoms with E-state index in [0.29, 0.717) is 34.2 Å². The molecule has 1 aliphatic heterocycles. The van der Waals surface area contributed by atoms with Gasteiger partial charge in [-0.1, -0.05) is 11.6 Å². The van der Waals surface area contributed by atoms with Gasteiger partial charge in [-0.2, -0.15) is 0 Å². The van der Waals surface area contributed by atoms with Crippen molar-refractivity contribution >= 4 is 46.4 Å². The van der Waals surface area contributed by atoms with Gasteiger partial charge in [-0.25, -0.2) is 4.90 Å². The Kier molecular flexibility index (Phi) is 7.12. The van der Waals surface area contributed by atoms with Crippen molar-refractivity contribution < 1.29 is 28.6 Å². The second-order valence-corrected chi connectivity index (χ2v) is 7.94. The third kappa shape index (κ3) is 4.82. The number of nitrogens with zero attached hydrogens (tertiary/aromatic N) is 1. The van der Waals surface area contributed by atoms with Gasteiger partial charge in [0.15, 0.2) is 0 Å². The number of ether oxygens (including phenoxy) is 3. The maximum Gasteiger partial charge on any atom is 0.283 e. The number of imide groups is 1. The first-order chi connectivity index (χ1) is 17.4. The van der Waals surface area contributed by atoms with Crippen LogP contribution in [0.1, 0.15) is 10.4 Å². The van der Waals surface area contributed by atoms with Crippen LogP contribution in [0.15, 0.2) is 77.5 Å². The molecule has 0 aromatic heterocycles. The Morgan fingerprint density at radius 3 is 2.00 bits per heavy atom. The minimum Gasteiger partial charge on any atom is -0.497 e. The van der Waals surface area contributed by atoms with Crippen molar-refractivity contribution in [2.75, 3.05) is 36.9 Å². The van der Waals surface area contributed by atoms with Crippen molar-refractivity contribution in [3.8, 4) is 17.2 Å². The SMILES string of the molecule is COc1ccc(NC(=O)c2ccc(NC3=C(Cl)C(=O)N(c4cc(OC)ccc4OC)C3=O)cc2)cc1. The van der Waals surface area contributed by atoms with Crippen LogP contribution in [0.4, 0.5) is 17.1 Å². The van der Waals surface area contributed by atoms with E-state index < -0.39 is 11.8 Å². The molecule has 184 valence electrons. The molecule has 0 unspecified atom stereocenters. The quantitative estimate of drug-likeness (QED) is 0.435. The Morgan fingerprint density at radius 2 is 1.39 bits per heavy atom. The summed E-state index contributed by atoms with van der Waals surface area (Å²) >= 11 is 6.24. The van der Waals surface area contributed by atoms with Crippen LogP contribution < -0.4 is 29.7 Å². The molecule has 10 heteroatoms. The zero-order valence-corrected chi connectivity index (χ0v) is 20.4. The van der Waals surface area contributed by atoms with Gasteiger partial charge in [-0.15, -0.1) is 0 Å². The monoisotopic (exact) mass is 507 g/mol. The zero-order chi connectivity index (χ0) is 25.8. The summed E-state index contributed by atoms with van der Waals surface area (Å²) in [4.78, 5) is 39.5. The molecule has 2 N–H and O–H groups in total. The number of anilines is 3. The fraction of sp³-hybridized carbons (Fsp3) is 0.115. The summed E-state index contributed by atoms with van der Waals surface area (Å²) in [5, 5.41) is 5.40. The summed E-state index contributed by atoms with van der Waals surface area (Å²) in [5.74, 6) is -0.251. The predicted octanol–water partition coefficient (Wildman–Crippen LogP) is 4.40. The fourth-order valence-electron chi connectivity index (χ4n) is 3.53. The van der Waals surface area contributed by atoms with Crippen LogP contribution >= 0.6 is 11.6 Å². The van der Waals surface area contributed by atoms with E-state index in [2.05, 4.69) is 10.6 Å². The minimum atomic E-state index is -0.703. The lowest BCUT2D eigenvalue weighted by molar-refractivity contribution is -0.120. The molecule has 0 bridgehead atoms. The Bertz CT molecular complexity index is 1350. The largest absolute Gasteiger partial charge is 0.497 e. The van der Waals surface area contributed by atoms with Gasteiger partial charge in [0.2, 0.25) is 0 Å². The Balaban J connectivity index is 1.50. The maximum absolute atomic E-state index is 13.2. The number of amides is 3. The minimum absolute atomic E-state index is 0.0954. The first kappa shape index (κ1) is 24.6. The standard InChI is InChI=1S/C26H22ClN3O6/c1-34-18-10-8-17(9-11-18)29-24(31)15-4-6-16(7-5-15)28-23-22(27)25(32)30(26(23)33)20-14-19(35-2)12-13-21(20)36-3/h4-14,28H,1-3H3,(H,29,31). The average molecular weight is 508 g/mol. The number of rotatable bonds is 8. The Hall–Kier alpha value is -4.50. The normalized spacial score (nSPS) is 13.1. The molecule has 36 heavy (non-hydrogen) atoms. The van der Waals surface area contributed by atoms with E-state index in [4.69, 9.17) is 25.8 Å². The number of halogens is 1. The zero-order valence-electron chi connectivity index (χ0n) is 19.6. The summed E-state index contributed by atoms with van der Waals surface area (Å²) in [6.07, 6.45) is 0. The van der Waals surface area contributed by atoms with E-state index in [1.54, 1.807) is 67.8 Å². The highest BCUT2D eigenvalue weighted by Crippen LogP contribution is 2.38. The summed E-state index contributed by atoms with van der Waals surface area (Å²) < 4.78 is 15.6. The summed E-state index contributed by atoms with van der Waals surface area (Å²) in [5.41, 5.74) is 1.58. The summed E-state index contributed by atoms with van der Waals surface area (Å²) in [7, 11) is 4.46. The highest BCUT2D eigenvalue weighted by molar-refractivity contribution is 6.53. The molecule has 3 aromatic carbocycles. The highest BCUT2D eigenvalue weighted by Gasteiger charge is 2.40. The van der Waals surface area contributed by atoms with Gasteiger partial charge >= 0.3 is 0 Å². The molecular formula is C26H22ClN3O6. The van der Waals surface area contributed by atoms with Gasteiger partial charge < -0.3 is 24.8 Å². The van der Waals surface area contributed by atoms with Crippen LogP contribution in [0.2, 0.25) is 0 Å². The van der Waals surface area contributed by atoms with Gasteiger partial charge in [0.25, 0.3) is 17.7 Å². The van der Waals surface area contributed by atoms with Crippen LogP contribution in [0.5, 0.6) is 17.2 Å². The van der Waals surface area contributed by atoms with Crippen molar-refractivity contribution in [1.29, 1.82) is 0 Å². The predicted molar refractivity (Wildman–Crippen MR) is 136 cm³/mol. The molecule has 3 aromatic rings. The number of hydrogen-bond donors (Lipinski definition) is 2. The van der Waals surface area contributed by atoms with Gasteiger partial charge in [0, 0.05) is 23.0 Å². The number of hydrogen-bond acceptors (Lipinski definition) is 7. The van der Waals surface area contributed by atoms with Gasteiger partial charge in [-0.3, -0.25) is 14.4 Å². The first-order valence-corrected chi connectivity index (χ1v) is 11.1. The molecule has 9 nitrogen and oxygen atoms in total. The molecule has 0 radical (unpaired) electrons. The first-order valence-electron chi connectivity index (χ1n) is 10.7. The van der Waals surface area contributed by atoms with E-state index in [1.807, 2.05) is 0 Å². The average Bonchev–Trinajstić information content (AvgIpc) is 3.11. The van der Waals surface area contributed by atoms with Crippen LogP contribution in [0.3, 0.4) is 0 Å². The molecule has 0 atom stereocenters. The molecule has 4 rings (SSSR count). The fourth-order valence-corrected chi connectivity index (χ4v) is 3.74. The molecule has 1 heterocycles. The third-order valence-corrected chi connectivity index (χ3v) is 5.77. The van der Waals surface area contributed by atoms with Gasteiger partial charge in [0.1, 0.15) is 28.0 Å². The summed E-state index contributed by atoms with van der Waals surface area (Å²) in [6.45, 7) is 0. The molecule has 0 saturated carbocycles. The lowest BCUT2D eigenvalue weighted by atomic mass is 10.2. The number of methoxy groups -OCH3 is 3. The third-order valence-electron chi connectivity index (χ3n) is 5.42. The van der Waals surface area contributed by atoms with E-state index in [0.717, 1.165) is 4.90 Å². The van der Waals surface area contributed by atoms with E-state index in [9.17, 15) is 14.4 Å². The van der Waals surface area contributed by atoms with Crippen molar-refractivity contribution in [2.24, 2.45) is 0 Å². The Morgan fingerprint density at radius 1 is 0.778 bits per heavy atom. The lowest BCUT2D eigenvalue weighted by Crippen LogP contribution is -2.32. The van der Waals surface area contributed by atoms with Crippen molar-refractivity contribution in [2.45, 2.75) is 0 Å². The number of carbonyl (C=O) groups excluding carboxylic acids is 3. The molecule has 0 saturated heterocycles. The van der Waals surface area contributed by atoms with Crippen molar-refractivity contribution in [3.05, 3.63) is 83.0 Å². The maximum atomic E-state index is 13.2. The van der Waals surface area contributed by atoms with Crippen LogP contribution in [-0.2, 0) is 9.59 Å². The van der Waals surface area contributed by atoms with Crippen LogP contribution in [0, 0.1) is 0 Å². The topological polar surface area (TPSA) is 106 Å². The van der Waals surface area contributed by atoms with Crippen LogP contribution in [0.25, 0.3) is 0 Å². The number of nitrogens with one attached hydrogen (secondary N) is 2.